The fourth-order valence-corrected chi connectivity index (χ4v) is 3.19. The van der Waals surface area contributed by atoms with Crippen molar-refractivity contribution in [1.29, 1.82) is 0 Å². The molecule has 0 saturated carbocycles. The van der Waals surface area contributed by atoms with Crippen molar-refractivity contribution in [3.8, 4) is 5.75 Å². The molecule has 1 aliphatic rings. The molecular formula is C21H26N4O4. The second-order valence-corrected chi connectivity index (χ2v) is 6.61. The van der Waals surface area contributed by atoms with E-state index in [0.29, 0.717) is 44.9 Å². The van der Waals surface area contributed by atoms with Crippen molar-refractivity contribution in [3.05, 3.63) is 53.9 Å². The van der Waals surface area contributed by atoms with Gasteiger partial charge in [-0.1, -0.05) is 18.2 Å². The number of anilines is 1. The number of piperazine rings is 1. The van der Waals surface area contributed by atoms with Gasteiger partial charge < -0.3 is 24.6 Å². The van der Waals surface area contributed by atoms with E-state index in [4.69, 9.17) is 9.47 Å². The third kappa shape index (κ3) is 5.16. The van der Waals surface area contributed by atoms with E-state index in [-0.39, 0.29) is 12.0 Å². The first-order valence-electron chi connectivity index (χ1n) is 9.64. The zero-order valence-electron chi connectivity index (χ0n) is 16.8. The maximum absolute atomic E-state index is 12.8. The Bertz CT molecular complexity index is 850. The highest BCUT2D eigenvalue weighted by molar-refractivity contribution is 5.95. The summed E-state index contributed by atoms with van der Waals surface area (Å²) in [5, 5.41) is 3.29. The fraction of sp³-hybridized carbons (Fsp3) is 0.381. The minimum Gasteiger partial charge on any atom is -0.496 e. The zero-order valence-corrected chi connectivity index (χ0v) is 16.8. The molecule has 0 radical (unpaired) electrons. The van der Waals surface area contributed by atoms with E-state index >= 15 is 0 Å². The minimum atomic E-state index is -0.330. The van der Waals surface area contributed by atoms with Crippen LogP contribution in [0.5, 0.6) is 5.75 Å². The van der Waals surface area contributed by atoms with Crippen LogP contribution in [0.3, 0.4) is 0 Å². The van der Waals surface area contributed by atoms with Gasteiger partial charge in [-0.25, -0.2) is 4.79 Å². The number of amides is 2. The number of rotatable bonds is 6. The van der Waals surface area contributed by atoms with Gasteiger partial charge in [0.05, 0.1) is 25.0 Å². The van der Waals surface area contributed by atoms with Crippen molar-refractivity contribution in [2.24, 2.45) is 0 Å². The lowest BCUT2D eigenvalue weighted by Gasteiger charge is -2.34. The summed E-state index contributed by atoms with van der Waals surface area (Å²) in [4.78, 5) is 32.2. The smallest absolute Gasteiger partial charge is 0.409 e. The highest BCUT2D eigenvalue weighted by atomic mass is 16.6. The van der Waals surface area contributed by atoms with Gasteiger partial charge in [0.2, 0.25) is 0 Å². The summed E-state index contributed by atoms with van der Waals surface area (Å²) in [6.07, 6.45) is 2.92. The summed E-state index contributed by atoms with van der Waals surface area (Å²) < 4.78 is 10.4. The number of benzene rings is 1. The van der Waals surface area contributed by atoms with Crippen LogP contribution in [0, 0.1) is 0 Å². The highest BCUT2D eigenvalue weighted by Gasteiger charge is 2.25. The molecule has 8 heteroatoms. The molecule has 0 spiro atoms. The lowest BCUT2D eigenvalue weighted by atomic mass is 10.2. The number of para-hydroxylation sites is 1. The molecule has 0 atom stereocenters. The first-order valence-corrected chi connectivity index (χ1v) is 9.64. The van der Waals surface area contributed by atoms with Crippen molar-refractivity contribution in [3.63, 3.8) is 0 Å². The van der Waals surface area contributed by atoms with Gasteiger partial charge in [0.25, 0.3) is 5.91 Å². The Morgan fingerprint density at radius 3 is 2.55 bits per heavy atom. The molecule has 154 valence electrons. The summed E-state index contributed by atoms with van der Waals surface area (Å²) in [5.74, 6) is 0.710. The van der Waals surface area contributed by atoms with Gasteiger partial charge in [-0.2, -0.15) is 0 Å². The molecule has 2 heterocycles. The number of nitrogens with zero attached hydrogens (tertiary/aromatic N) is 3. The highest BCUT2D eigenvalue weighted by Crippen LogP contribution is 2.19. The molecule has 2 amide bonds. The van der Waals surface area contributed by atoms with Gasteiger partial charge in [0.1, 0.15) is 5.75 Å². The molecule has 1 fully saturated rings. The lowest BCUT2D eigenvalue weighted by Crippen LogP contribution is -2.50. The average Bonchev–Trinajstić information content (AvgIpc) is 2.78. The topological polar surface area (TPSA) is 84.0 Å². The number of ether oxygens (including phenoxy) is 2. The number of aromatic nitrogens is 1. The van der Waals surface area contributed by atoms with Crippen LogP contribution in [0.2, 0.25) is 0 Å². The molecule has 8 nitrogen and oxygen atoms in total. The van der Waals surface area contributed by atoms with Crippen molar-refractivity contribution in [2.75, 3.05) is 45.2 Å². The molecule has 1 N–H and O–H groups in total. The maximum Gasteiger partial charge on any atom is 0.409 e. The van der Waals surface area contributed by atoms with Crippen LogP contribution >= 0.6 is 0 Å². The van der Waals surface area contributed by atoms with Gasteiger partial charge in [-0.05, 0) is 19.1 Å². The molecule has 1 aliphatic heterocycles. The van der Waals surface area contributed by atoms with E-state index in [2.05, 4.69) is 10.3 Å². The molecule has 1 aromatic carbocycles. The number of pyridine rings is 1. The van der Waals surface area contributed by atoms with E-state index in [1.807, 2.05) is 24.3 Å². The summed E-state index contributed by atoms with van der Waals surface area (Å²) in [5.41, 5.74) is 2.29. The predicted molar refractivity (Wildman–Crippen MR) is 109 cm³/mol. The molecular weight excluding hydrogens is 372 g/mol. The Morgan fingerprint density at radius 2 is 1.83 bits per heavy atom. The van der Waals surface area contributed by atoms with Crippen LogP contribution in [0.25, 0.3) is 0 Å². The summed E-state index contributed by atoms with van der Waals surface area (Å²) in [6, 6.07) is 9.56. The summed E-state index contributed by atoms with van der Waals surface area (Å²) in [6.45, 7) is 4.54. The quantitative estimate of drug-likeness (QED) is 0.805. The van der Waals surface area contributed by atoms with Crippen LogP contribution in [-0.4, -0.2) is 66.7 Å². The van der Waals surface area contributed by atoms with Crippen LogP contribution in [0.4, 0.5) is 10.5 Å². The van der Waals surface area contributed by atoms with Crippen LogP contribution in [0.15, 0.2) is 42.7 Å². The first-order chi connectivity index (χ1) is 14.1. The summed E-state index contributed by atoms with van der Waals surface area (Å²) in [7, 11) is 1.64. The zero-order chi connectivity index (χ0) is 20.6. The molecule has 0 unspecified atom stereocenters. The number of hydrogen-bond donors (Lipinski definition) is 1. The van der Waals surface area contributed by atoms with Gasteiger partial charge in [-0.3, -0.25) is 9.78 Å². The van der Waals surface area contributed by atoms with E-state index in [0.717, 1.165) is 17.0 Å². The van der Waals surface area contributed by atoms with Crippen LogP contribution < -0.4 is 10.1 Å². The molecule has 1 saturated heterocycles. The van der Waals surface area contributed by atoms with Crippen molar-refractivity contribution in [1.82, 2.24) is 14.8 Å². The van der Waals surface area contributed by atoms with Gasteiger partial charge in [0.15, 0.2) is 0 Å². The van der Waals surface area contributed by atoms with E-state index in [9.17, 15) is 9.59 Å². The Labute approximate surface area is 170 Å². The second kappa shape index (κ2) is 9.77. The third-order valence-corrected chi connectivity index (χ3v) is 4.75. The molecule has 3 rings (SSSR count). The largest absolute Gasteiger partial charge is 0.496 e. The van der Waals surface area contributed by atoms with Crippen molar-refractivity contribution in [2.45, 2.75) is 13.5 Å². The number of carbonyl (C=O) groups excluding carboxylic acids is 2. The Hall–Kier alpha value is -3.29. The number of hydrogen-bond acceptors (Lipinski definition) is 6. The molecule has 2 aromatic rings. The van der Waals surface area contributed by atoms with E-state index < -0.39 is 0 Å². The lowest BCUT2D eigenvalue weighted by molar-refractivity contribution is 0.0570. The predicted octanol–water partition coefficient (Wildman–Crippen LogP) is 2.62. The number of nitrogens with one attached hydrogen (secondary N) is 1. The van der Waals surface area contributed by atoms with Crippen LogP contribution in [0.1, 0.15) is 22.8 Å². The standard InChI is InChI=1S/C21H26N4O4/c1-3-29-21(27)25-10-8-24(9-11-25)20(26)17-12-18(15-22-13-17)23-14-16-6-4-5-7-19(16)28-2/h4-7,12-13,15,23H,3,8-11,14H2,1-2H3. The van der Waals surface area contributed by atoms with Gasteiger partial charge in [-0.15, -0.1) is 0 Å². The van der Waals surface area contributed by atoms with E-state index in [1.54, 1.807) is 42.3 Å². The van der Waals surface area contributed by atoms with Gasteiger partial charge in [0, 0.05) is 50.7 Å². The first kappa shape index (κ1) is 20.4. The Kier molecular flexibility index (Phi) is 6.89. The fourth-order valence-electron chi connectivity index (χ4n) is 3.19. The Morgan fingerprint density at radius 1 is 1.10 bits per heavy atom. The van der Waals surface area contributed by atoms with Crippen LogP contribution in [-0.2, 0) is 11.3 Å². The molecule has 29 heavy (non-hydrogen) atoms. The average molecular weight is 398 g/mol. The number of methoxy groups -OCH3 is 1. The van der Waals surface area contributed by atoms with Crippen molar-refractivity contribution >= 4 is 17.7 Å². The maximum atomic E-state index is 12.8. The second-order valence-electron chi connectivity index (χ2n) is 6.61. The minimum absolute atomic E-state index is 0.0954. The number of carbonyl (C=O) groups is 2. The molecule has 1 aromatic heterocycles. The monoisotopic (exact) mass is 398 g/mol. The van der Waals surface area contributed by atoms with Gasteiger partial charge >= 0.3 is 6.09 Å². The molecule has 0 bridgehead atoms. The van der Waals surface area contributed by atoms with Crippen molar-refractivity contribution < 1.29 is 19.1 Å². The SMILES string of the molecule is CCOC(=O)N1CCN(C(=O)c2cncc(NCc3ccccc3OC)c2)CC1. The normalized spacial score (nSPS) is 13.7. The third-order valence-electron chi connectivity index (χ3n) is 4.75. The Balaban J connectivity index is 1.59. The molecule has 0 aliphatic carbocycles. The van der Waals surface area contributed by atoms with E-state index in [1.165, 1.54) is 0 Å². The summed E-state index contributed by atoms with van der Waals surface area (Å²) >= 11 is 0.